The van der Waals surface area contributed by atoms with Crippen molar-refractivity contribution in [3.63, 3.8) is 0 Å². The smallest absolute Gasteiger partial charge is 0.326 e. The highest BCUT2D eigenvalue weighted by atomic mass is 35.5. The quantitative estimate of drug-likeness (QED) is 0.847. The molecule has 17 heavy (non-hydrogen) atoms. The van der Waals surface area contributed by atoms with Gasteiger partial charge < -0.3 is 10.0 Å². The highest BCUT2D eigenvalue weighted by Crippen LogP contribution is 2.23. The molecule has 1 atom stereocenters. The number of benzene rings is 1. The molecule has 0 aliphatic carbocycles. The minimum Gasteiger partial charge on any atom is -0.480 e. The van der Waals surface area contributed by atoms with Gasteiger partial charge in [-0.1, -0.05) is 31.5 Å². The monoisotopic (exact) mass is 255 g/mol. The van der Waals surface area contributed by atoms with Crippen molar-refractivity contribution in [2.45, 2.75) is 32.7 Å². The molecule has 0 fully saturated rings. The lowest BCUT2D eigenvalue weighted by atomic mass is 10.1. The van der Waals surface area contributed by atoms with Gasteiger partial charge in [0.2, 0.25) is 0 Å². The van der Waals surface area contributed by atoms with E-state index in [9.17, 15) is 9.90 Å². The summed E-state index contributed by atoms with van der Waals surface area (Å²) < 4.78 is 0. The Balaban J connectivity index is 3.03. The normalized spacial score (nSPS) is 12.2. The average Bonchev–Trinajstić information content (AvgIpc) is 2.28. The van der Waals surface area contributed by atoms with E-state index in [2.05, 4.69) is 0 Å². The second-order valence-electron chi connectivity index (χ2n) is 3.94. The van der Waals surface area contributed by atoms with E-state index in [1.807, 2.05) is 36.9 Å². The Bertz CT molecular complexity index is 381. The van der Waals surface area contributed by atoms with E-state index in [1.165, 1.54) is 0 Å². The molecular weight excluding hydrogens is 238 g/mol. The number of carbonyl (C=O) groups is 1. The standard InChI is InChI=1S/C13H18ClNO2/c1-3-8-15(12(4-2)13(16)17)11-7-5-6-10(14)9-11/h5-7,9,12H,3-4,8H2,1-2H3,(H,16,17). The summed E-state index contributed by atoms with van der Waals surface area (Å²) in [5.41, 5.74) is 0.869. The number of aliphatic carboxylic acids is 1. The molecule has 1 unspecified atom stereocenters. The van der Waals surface area contributed by atoms with Crippen LogP contribution in [-0.4, -0.2) is 23.7 Å². The predicted molar refractivity (Wildman–Crippen MR) is 70.8 cm³/mol. The van der Waals surface area contributed by atoms with Crippen molar-refractivity contribution in [3.8, 4) is 0 Å². The van der Waals surface area contributed by atoms with Gasteiger partial charge >= 0.3 is 5.97 Å². The summed E-state index contributed by atoms with van der Waals surface area (Å²) in [7, 11) is 0. The maximum absolute atomic E-state index is 11.2. The first-order chi connectivity index (χ1) is 8.10. The first kappa shape index (κ1) is 13.8. The lowest BCUT2D eigenvalue weighted by Gasteiger charge is -2.30. The molecule has 0 aliphatic rings. The highest BCUT2D eigenvalue weighted by molar-refractivity contribution is 6.30. The van der Waals surface area contributed by atoms with Crippen LogP contribution in [0.3, 0.4) is 0 Å². The second kappa shape index (κ2) is 6.50. The molecule has 0 saturated heterocycles. The molecule has 0 spiro atoms. The van der Waals surface area contributed by atoms with Crippen LogP contribution >= 0.6 is 11.6 Å². The molecule has 0 aliphatic heterocycles. The van der Waals surface area contributed by atoms with Crippen LogP contribution in [-0.2, 0) is 4.79 Å². The van der Waals surface area contributed by atoms with E-state index in [4.69, 9.17) is 11.6 Å². The van der Waals surface area contributed by atoms with Gasteiger partial charge in [-0.15, -0.1) is 0 Å². The van der Waals surface area contributed by atoms with E-state index in [0.717, 1.165) is 12.1 Å². The maximum atomic E-state index is 11.2. The zero-order valence-electron chi connectivity index (χ0n) is 10.2. The van der Waals surface area contributed by atoms with Gasteiger partial charge in [0.05, 0.1) is 0 Å². The number of carboxylic acids is 1. The molecule has 0 saturated carbocycles. The van der Waals surface area contributed by atoms with Gasteiger partial charge in [0.1, 0.15) is 6.04 Å². The number of anilines is 1. The Morgan fingerprint density at radius 1 is 1.47 bits per heavy atom. The van der Waals surface area contributed by atoms with Crippen LogP contribution in [0.1, 0.15) is 26.7 Å². The van der Waals surface area contributed by atoms with Gasteiger partial charge in [0.25, 0.3) is 0 Å². The second-order valence-corrected chi connectivity index (χ2v) is 4.37. The van der Waals surface area contributed by atoms with Gasteiger partial charge in [-0.25, -0.2) is 4.79 Å². The van der Waals surface area contributed by atoms with Crippen molar-refractivity contribution in [3.05, 3.63) is 29.3 Å². The molecule has 1 N–H and O–H groups in total. The van der Waals surface area contributed by atoms with E-state index in [-0.39, 0.29) is 0 Å². The average molecular weight is 256 g/mol. The third kappa shape index (κ3) is 3.63. The summed E-state index contributed by atoms with van der Waals surface area (Å²) in [4.78, 5) is 13.1. The zero-order chi connectivity index (χ0) is 12.8. The number of nitrogens with zero attached hydrogens (tertiary/aromatic N) is 1. The van der Waals surface area contributed by atoms with E-state index >= 15 is 0 Å². The fourth-order valence-electron chi connectivity index (χ4n) is 1.89. The first-order valence-corrected chi connectivity index (χ1v) is 6.23. The number of carboxylic acid groups (broad SMARTS) is 1. The number of rotatable bonds is 6. The van der Waals surface area contributed by atoms with Crippen LogP contribution in [0, 0.1) is 0 Å². The Kier molecular flexibility index (Phi) is 5.29. The molecule has 0 aromatic heterocycles. The van der Waals surface area contributed by atoms with Gasteiger partial charge in [-0.05, 0) is 31.0 Å². The van der Waals surface area contributed by atoms with Crippen LogP contribution < -0.4 is 4.90 Å². The summed E-state index contributed by atoms with van der Waals surface area (Å²) in [5, 5.41) is 9.85. The summed E-state index contributed by atoms with van der Waals surface area (Å²) in [6, 6.07) is 6.84. The molecule has 1 aromatic rings. The third-order valence-electron chi connectivity index (χ3n) is 2.65. The maximum Gasteiger partial charge on any atom is 0.326 e. The van der Waals surface area contributed by atoms with Crippen molar-refractivity contribution in [2.75, 3.05) is 11.4 Å². The fraction of sp³-hybridized carbons (Fsp3) is 0.462. The van der Waals surface area contributed by atoms with E-state index in [1.54, 1.807) is 6.07 Å². The van der Waals surface area contributed by atoms with Crippen LogP contribution in [0.2, 0.25) is 5.02 Å². The molecule has 0 amide bonds. The van der Waals surface area contributed by atoms with Crippen molar-refractivity contribution >= 4 is 23.3 Å². The highest BCUT2D eigenvalue weighted by Gasteiger charge is 2.23. The Morgan fingerprint density at radius 2 is 2.18 bits per heavy atom. The molecule has 0 bridgehead atoms. The number of halogens is 1. The van der Waals surface area contributed by atoms with Crippen LogP contribution in [0.15, 0.2) is 24.3 Å². The van der Waals surface area contributed by atoms with Crippen LogP contribution in [0.4, 0.5) is 5.69 Å². The van der Waals surface area contributed by atoms with Crippen LogP contribution in [0.5, 0.6) is 0 Å². The third-order valence-corrected chi connectivity index (χ3v) is 2.89. The lowest BCUT2D eigenvalue weighted by molar-refractivity contribution is -0.138. The van der Waals surface area contributed by atoms with E-state index in [0.29, 0.717) is 18.0 Å². The predicted octanol–water partition coefficient (Wildman–Crippen LogP) is 3.42. The topological polar surface area (TPSA) is 40.5 Å². The molecule has 4 heteroatoms. The summed E-state index contributed by atoms with van der Waals surface area (Å²) in [5.74, 6) is -0.791. The summed E-state index contributed by atoms with van der Waals surface area (Å²) in [6.45, 7) is 4.63. The van der Waals surface area contributed by atoms with Crippen molar-refractivity contribution in [2.24, 2.45) is 0 Å². The zero-order valence-corrected chi connectivity index (χ0v) is 10.9. The Labute approximate surface area is 107 Å². The van der Waals surface area contributed by atoms with E-state index < -0.39 is 12.0 Å². The minimum absolute atomic E-state index is 0.492. The van der Waals surface area contributed by atoms with Crippen molar-refractivity contribution in [1.82, 2.24) is 0 Å². The van der Waals surface area contributed by atoms with Gasteiger partial charge in [-0.3, -0.25) is 0 Å². The summed E-state index contributed by atoms with van der Waals surface area (Å²) >= 11 is 5.94. The van der Waals surface area contributed by atoms with Gasteiger partial charge in [0.15, 0.2) is 0 Å². The number of hydrogen-bond donors (Lipinski definition) is 1. The van der Waals surface area contributed by atoms with Crippen molar-refractivity contribution in [1.29, 1.82) is 0 Å². The van der Waals surface area contributed by atoms with Crippen LogP contribution in [0.25, 0.3) is 0 Å². The Hall–Kier alpha value is -1.22. The minimum atomic E-state index is -0.791. The van der Waals surface area contributed by atoms with Crippen molar-refractivity contribution < 1.29 is 9.90 Å². The number of hydrogen-bond acceptors (Lipinski definition) is 2. The van der Waals surface area contributed by atoms with Gasteiger partial charge in [-0.2, -0.15) is 0 Å². The molecule has 0 heterocycles. The fourth-order valence-corrected chi connectivity index (χ4v) is 2.07. The molecule has 3 nitrogen and oxygen atoms in total. The lowest BCUT2D eigenvalue weighted by Crippen LogP contribution is -2.41. The molecule has 94 valence electrons. The van der Waals surface area contributed by atoms with Gasteiger partial charge in [0, 0.05) is 17.3 Å². The SMILES string of the molecule is CCCN(c1cccc(Cl)c1)C(CC)C(=O)O. The molecule has 0 radical (unpaired) electrons. The molecular formula is C13H18ClNO2. The Morgan fingerprint density at radius 3 is 2.65 bits per heavy atom. The molecule has 1 aromatic carbocycles. The summed E-state index contributed by atoms with van der Waals surface area (Å²) in [6.07, 6.45) is 1.47. The largest absolute Gasteiger partial charge is 0.480 e. The first-order valence-electron chi connectivity index (χ1n) is 5.85. The molecule has 1 rings (SSSR count).